The molecule has 0 fully saturated rings. The summed E-state index contributed by atoms with van der Waals surface area (Å²) in [5.74, 6) is 0. The molecular formula is C92H105BN4. The van der Waals surface area contributed by atoms with Crippen molar-refractivity contribution in [2.24, 2.45) is 5.41 Å². The second kappa shape index (κ2) is 20.4. The Balaban J connectivity index is 1.09. The molecule has 6 heterocycles. The Morgan fingerprint density at radius 3 is 1.21 bits per heavy atom. The fourth-order valence-electron chi connectivity index (χ4n) is 17.9. The summed E-state index contributed by atoms with van der Waals surface area (Å²) >= 11 is 0. The SMILES string of the molecule is CC(C)(C)C1=Cc2c(n3c4c(cc(C(C)(C)C)cc24)B2C4=C3C=C(C3=C(n5c6ccc(C(C)(C)C)cc6c6cc(C(C)(C)C)ccc65)C=CCC3n3c5ccc(C(C)(C)C)cc5c5cc(C(C)(C)C)ccc53)CC4n3c4ccc(C(C)(C)C)cc4c4cc(C(C)(C)C)cc2c43)CC1. The molecule has 5 aliphatic rings. The van der Waals surface area contributed by atoms with Crippen molar-refractivity contribution < 1.29 is 0 Å². The van der Waals surface area contributed by atoms with Crippen LogP contribution in [0.25, 0.3) is 93.8 Å². The predicted octanol–water partition coefficient (Wildman–Crippen LogP) is 23.8. The Morgan fingerprint density at radius 1 is 0.351 bits per heavy atom. The van der Waals surface area contributed by atoms with Gasteiger partial charge in [-0.1, -0.05) is 226 Å². The molecule has 2 aliphatic heterocycles. The lowest BCUT2D eigenvalue weighted by molar-refractivity contribution is 0.483. The van der Waals surface area contributed by atoms with Crippen LogP contribution >= 0.6 is 0 Å². The molecule has 0 radical (unpaired) electrons. The van der Waals surface area contributed by atoms with Gasteiger partial charge in [0.05, 0.1) is 28.8 Å². The van der Waals surface area contributed by atoms with Crippen LogP contribution in [0.4, 0.5) is 0 Å². The topological polar surface area (TPSA) is 19.7 Å². The summed E-state index contributed by atoms with van der Waals surface area (Å²) in [4.78, 5) is 0. The van der Waals surface area contributed by atoms with Crippen LogP contribution in [0.3, 0.4) is 0 Å². The minimum absolute atomic E-state index is 0.00117. The molecule has 496 valence electrons. The van der Waals surface area contributed by atoms with Gasteiger partial charge in [-0.3, -0.25) is 0 Å². The molecule has 97 heavy (non-hydrogen) atoms. The molecule has 4 aromatic heterocycles. The minimum Gasteiger partial charge on any atom is -0.334 e. The van der Waals surface area contributed by atoms with E-state index in [0.29, 0.717) is 0 Å². The van der Waals surface area contributed by atoms with Gasteiger partial charge in [0.15, 0.2) is 0 Å². The van der Waals surface area contributed by atoms with Gasteiger partial charge in [-0.2, -0.15) is 0 Å². The molecule has 2 unspecified atom stereocenters. The number of nitrogens with zero attached hydrogens (tertiary/aromatic N) is 4. The van der Waals surface area contributed by atoms with Crippen molar-refractivity contribution in [3.05, 3.63) is 206 Å². The summed E-state index contributed by atoms with van der Waals surface area (Å²) in [6.45, 7) is 57.5. The van der Waals surface area contributed by atoms with Crippen molar-refractivity contribution in [1.29, 1.82) is 0 Å². The van der Waals surface area contributed by atoms with Crippen LogP contribution in [0.1, 0.15) is 248 Å². The van der Waals surface area contributed by atoms with Gasteiger partial charge in [0.2, 0.25) is 6.71 Å². The maximum absolute atomic E-state index is 2.90. The van der Waals surface area contributed by atoms with Crippen LogP contribution in [-0.4, -0.2) is 25.0 Å². The summed E-state index contributed by atoms with van der Waals surface area (Å²) in [5.41, 5.74) is 33.1. The molecule has 11 aromatic rings. The molecule has 3 aliphatic carbocycles. The van der Waals surface area contributed by atoms with Crippen LogP contribution in [0, 0.1) is 5.41 Å². The van der Waals surface area contributed by atoms with Gasteiger partial charge < -0.3 is 18.3 Å². The molecule has 2 atom stereocenters. The van der Waals surface area contributed by atoms with Gasteiger partial charge in [0, 0.05) is 87.8 Å². The zero-order chi connectivity index (χ0) is 69.0. The van der Waals surface area contributed by atoms with Gasteiger partial charge in [-0.15, -0.1) is 0 Å². The molecule has 7 aromatic carbocycles. The van der Waals surface area contributed by atoms with Crippen molar-refractivity contribution in [3.63, 3.8) is 0 Å². The standard InChI is InChI=1S/C92H105BN4/c1-85(2,3)53-28-34-71-61(42-53)62-43-54(86(4,5)6)29-35-72(62)94(71)77-26-25-27-78(95-73-36-30-55(87(7,8)9)44-63(73)64-45-56(88(10,11)12)31-37-74(64)95)81(77)52-40-79-82-80(41-52)97-76-39-33-58(90(16,17)18)47-66(76)68-49-60(92(22,23)24)51-70(84(68)97)93(82)69-50-59(91(19,20)21)48-67-65-46-57(89(13,14)15)32-38-75(65)96(79)83(67)69/h25-26,28-32,34-38,41-51,78-79H,27,33,39-40H2,1-24H3. The van der Waals surface area contributed by atoms with Crippen LogP contribution in [0.2, 0.25) is 0 Å². The normalized spacial score (nSPS) is 18.1. The third kappa shape index (κ3) is 9.69. The van der Waals surface area contributed by atoms with E-state index in [2.05, 4.69) is 324 Å². The smallest absolute Gasteiger partial charge is 0.247 e. The van der Waals surface area contributed by atoms with Crippen LogP contribution in [0.15, 0.2) is 156 Å². The molecule has 5 heteroatoms. The highest BCUT2D eigenvalue weighted by Crippen LogP contribution is 2.56. The first kappa shape index (κ1) is 64.0. The molecule has 0 amide bonds. The number of aromatic nitrogens is 4. The Kier molecular flexibility index (Phi) is 13.5. The lowest BCUT2D eigenvalue weighted by Gasteiger charge is -2.43. The number of allylic oxidation sites excluding steroid dienone is 9. The first-order chi connectivity index (χ1) is 45.2. The van der Waals surface area contributed by atoms with E-state index in [1.54, 1.807) is 11.0 Å². The zero-order valence-corrected chi connectivity index (χ0v) is 63.1. The Bertz CT molecular complexity index is 5310. The minimum atomic E-state index is -0.0869. The molecule has 0 bridgehead atoms. The van der Waals surface area contributed by atoms with Crippen LogP contribution in [0.5, 0.6) is 0 Å². The molecule has 4 nitrogen and oxygen atoms in total. The van der Waals surface area contributed by atoms with Crippen LogP contribution in [-0.2, 0) is 44.3 Å². The molecule has 0 saturated heterocycles. The highest BCUT2D eigenvalue weighted by atomic mass is 15.1. The van der Waals surface area contributed by atoms with E-state index >= 15 is 0 Å². The summed E-state index contributed by atoms with van der Waals surface area (Å²) < 4.78 is 11.3. The van der Waals surface area contributed by atoms with E-state index in [1.165, 1.54) is 160 Å². The van der Waals surface area contributed by atoms with Crippen molar-refractivity contribution in [3.8, 4) is 0 Å². The Labute approximate surface area is 579 Å². The molecule has 0 spiro atoms. The Morgan fingerprint density at radius 2 is 0.753 bits per heavy atom. The second-order valence-corrected chi connectivity index (χ2v) is 38.6. The average Bonchev–Trinajstić information content (AvgIpc) is 1.55. The average molecular weight is 1280 g/mol. The zero-order valence-electron chi connectivity index (χ0n) is 63.1. The summed E-state index contributed by atoms with van der Waals surface area (Å²) in [6, 6.07) is 48.0. The van der Waals surface area contributed by atoms with Crippen molar-refractivity contribution >= 4 is 111 Å². The van der Waals surface area contributed by atoms with E-state index in [-0.39, 0.29) is 62.1 Å². The number of benzene rings is 7. The largest absolute Gasteiger partial charge is 0.334 e. The van der Waals surface area contributed by atoms with Crippen LogP contribution < -0.4 is 10.9 Å². The number of rotatable bonds is 3. The molecule has 0 N–H and O–H groups in total. The monoisotopic (exact) mass is 1280 g/mol. The summed E-state index contributed by atoms with van der Waals surface area (Å²) in [5, 5.41) is 9.50. The first-order valence-electron chi connectivity index (χ1n) is 36.8. The maximum Gasteiger partial charge on any atom is 0.247 e. The van der Waals surface area contributed by atoms with Gasteiger partial charge in [0.1, 0.15) is 0 Å². The van der Waals surface area contributed by atoms with Gasteiger partial charge >= 0.3 is 0 Å². The molecule has 0 saturated carbocycles. The van der Waals surface area contributed by atoms with E-state index in [9.17, 15) is 0 Å². The highest BCUT2D eigenvalue weighted by Gasteiger charge is 2.49. The first-order valence-corrected chi connectivity index (χ1v) is 36.8. The lowest BCUT2D eigenvalue weighted by atomic mass is 9.31. The number of hydrogen-bond acceptors (Lipinski definition) is 0. The van der Waals surface area contributed by atoms with Gasteiger partial charge in [0.25, 0.3) is 0 Å². The van der Waals surface area contributed by atoms with Crippen molar-refractivity contribution in [1.82, 2.24) is 18.3 Å². The predicted molar refractivity (Wildman–Crippen MR) is 423 cm³/mol. The van der Waals surface area contributed by atoms with Crippen molar-refractivity contribution in [2.45, 2.75) is 242 Å². The fraction of sp³-hybridized carbons (Fsp3) is 0.413. The third-order valence-corrected chi connectivity index (χ3v) is 23.7. The maximum atomic E-state index is 2.90. The third-order valence-electron chi connectivity index (χ3n) is 23.7. The van der Waals surface area contributed by atoms with E-state index < -0.39 is 0 Å². The lowest BCUT2D eigenvalue weighted by Crippen LogP contribution is -2.54. The molecular weight excluding hydrogens is 1170 g/mol. The number of hydrogen-bond donors (Lipinski definition) is 0. The fourth-order valence-corrected chi connectivity index (χ4v) is 17.9. The van der Waals surface area contributed by atoms with E-state index in [1.807, 2.05) is 0 Å². The Hall–Kier alpha value is -7.76. The van der Waals surface area contributed by atoms with Gasteiger partial charge in [-0.25, -0.2) is 0 Å². The summed E-state index contributed by atoms with van der Waals surface area (Å²) in [6.07, 6.45) is 14.3. The second-order valence-electron chi connectivity index (χ2n) is 38.6. The van der Waals surface area contributed by atoms with Crippen molar-refractivity contribution in [2.75, 3.05) is 0 Å². The van der Waals surface area contributed by atoms with E-state index in [4.69, 9.17) is 0 Å². The highest BCUT2D eigenvalue weighted by molar-refractivity contribution is 6.95. The van der Waals surface area contributed by atoms with Gasteiger partial charge in [-0.05, 0) is 215 Å². The quantitative estimate of drug-likeness (QED) is 0.157. The number of fused-ring (bicyclic) bond motifs is 16. The van der Waals surface area contributed by atoms with E-state index in [0.717, 1.165) is 25.7 Å². The molecule has 16 rings (SSSR count). The summed E-state index contributed by atoms with van der Waals surface area (Å²) in [7, 11) is 0.